The molecule has 0 saturated carbocycles. The maximum Gasteiger partial charge on any atom is 0.244 e. The number of carbonyl (C=O) groups excluding carboxylic acids is 1. The van der Waals surface area contributed by atoms with E-state index in [0.29, 0.717) is 43.0 Å². The maximum absolute atomic E-state index is 13.9. The monoisotopic (exact) mass is 468 g/mol. The van der Waals surface area contributed by atoms with Crippen LogP contribution in [0.3, 0.4) is 0 Å². The summed E-state index contributed by atoms with van der Waals surface area (Å²) in [6.07, 6.45) is 3.95. The summed E-state index contributed by atoms with van der Waals surface area (Å²) in [5.41, 5.74) is 1.36. The fourth-order valence-electron chi connectivity index (χ4n) is 3.76. The number of benzene rings is 2. The van der Waals surface area contributed by atoms with E-state index in [2.05, 4.69) is 5.32 Å². The van der Waals surface area contributed by atoms with Crippen LogP contribution in [0.1, 0.15) is 24.2 Å². The second-order valence-electron chi connectivity index (χ2n) is 8.02. The van der Waals surface area contributed by atoms with Crippen LogP contribution in [-0.4, -0.2) is 37.8 Å². The van der Waals surface area contributed by atoms with Crippen molar-refractivity contribution in [2.45, 2.75) is 30.7 Å². The molecule has 6 nitrogen and oxygen atoms in total. The lowest BCUT2D eigenvalue weighted by Gasteiger charge is -2.31. The highest BCUT2D eigenvalue weighted by Crippen LogP contribution is 2.25. The van der Waals surface area contributed by atoms with Gasteiger partial charge >= 0.3 is 0 Å². The smallest absolute Gasteiger partial charge is 0.244 e. The third-order valence-corrected chi connectivity index (χ3v) is 7.54. The molecule has 3 aromatic rings. The predicted molar refractivity (Wildman–Crippen MR) is 124 cm³/mol. The molecule has 1 fully saturated rings. The summed E-state index contributed by atoms with van der Waals surface area (Å²) < 4.78 is 46.6. The van der Waals surface area contributed by atoms with Crippen LogP contribution in [0.15, 0.2) is 76.1 Å². The van der Waals surface area contributed by atoms with Gasteiger partial charge in [0.15, 0.2) is 0 Å². The predicted octanol–water partition coefficient (Wildman–Crippen LogP) is 4.38. The summed E-state index contributed by atoms with van der Waals surface area (Å²) in [6, 6.07) is 16.3. The highest BCUT2D eigenvalue weighted by molar-refractivity contribution is 7.89. The maximum atomic E-state index is 13.9. The summed E-state index contributed by atoms with van der Waals surface area (Å²) in [5, 5.41) is 2.91. The molecular formula is C25H25FN2O4S. The van der Waals surface area contributed by atoms with Crippen LogP contribution in [0, 0.1) is 12.7 Å². The number of piperidine rings is 1. The number of nitrogens with zero attached hydrogens (tertiary/aromatic N) is 1. The number of rotatable bonds is 6. The number of sulfonamides is 1. The van der Waals surface area contributed by atoms with Gasteiger partial charge in [-0.25, -0.2) is 12.8 Å². The molecule has 0 radical (unpaired) electrons. The highest BCUT2D eigenvalue weighted by Gasteiger charge is 2.29. The molecule has 8 heteroatoms. The van der Waals surface area contributed by atoms with Crippen LogP contribution >= 0.6 is 0 Å². The Morgan fingerprint density at radius 3 is 2.45 bits per heavy atom. The van der Waals surface area contributed by atoms with Gasteiger partial charge in [0, 0.05) is 25.2 Å². The molecule has 2 heterocycles. The van der Waals surface area contributed by atoms with Gasteiger partial charge in [-0.3, -0.25) is 4.79 Å². The molecular weight excluding hydrogens is 443 g/mol. The first kappa shape index (κ1) is 22.9. The Morgan fingerprint density at radius 1 is 1.06 bits per heavy atom. The van der Waals surface area contributed by atoms with Gasteiger partial charge < -0.3 is 9.73 Å². The molecule has 0 bridgehead atoms. The van der Waals surface area contributed by atoms with E-state index in [0.717, 1.165) is 5.56 Å². The van der Waals surface area contributed by atoms with Gasteiger partial charge in [0.2, 0.25) is 15.9 Å². The molecule has 172 valence electrons. The number of amides is 1. The minimum Gasteiger partial charge on any atom is -0.457 e. The summed E-state index contributed by atoms with van der Waals surface area (Å²) in [5.74, 6) is 0.146. The minimum absolute atomic E-state index is 0.114. The fraction of sp³-hybridized carbons (Fsp3) is 0.240. The lowest BCUT2D eigenvalue weighted by atomic mass is 10.1. The molecule has 2 aromatic carbocycles. The Kier molecular flexibility index (Phi) is 6.76. The Bertz CT molecular complexity index is 1260. The van der Waals surface area contributed by atoms with Crippen molar-refractivity contribution in [2.24, 2.45) is 0 Å². The normalized spacial score (nSPS) is 15.7. The third kappa shape index (κ3) is 5.40. The van der Waals surface area contributed by atoms with Crippen LogP contribution < -0.4 is 5.32 Å². The van der Waals surface area contributed by atoms with E-state index in [9.17, 15) is 17.6 Å². The SMILES string of the molecule is Cc1ccc(S(=O)(=O)N2CCC(NC(=O)/C=C/c3ccc(-c4ccccc4F)o3)CC2)cc1. The Hall–Kier alpha value is -3.23. The van der Waals surface area contributed by atoms with Crippen molar-refractivity contribution in [3.63, 3.8) is 0 Å². The van der Waals surface area contributed by atoms with Gasteiger partial charge in [-0.1, -0.05) is 29.8 Å². The van der Waals surface area contributed by atoms with E-state index < -0.39 is 10.0 Å². The lowest BCUT2D eigenvalue weighted by Crippen LogP contribution is -2.46. The molecule has 1 N–H and O–H groups in total. The zero-order valence-corrected chi connectivity index (χ0v) is 19.0. The van der Waals surface area contributed by atoms with Crippen molar-refractivity contribution in [2.75, 3.05) is 13.1 Å². The first-order valence-corrected chi connectivity index (χ1v) is 12.2. The highest BCUT2D eigenvalue weighted by atomic mass is 32.2. The first-order chi connectivity index (χ1) is 15.8. The Labute approximate surface area is 192 Å². The van der Waals surface area contributed by atoms with Gasteiger partial charge in [-0.15, -0.1) is 0 Å². The van der Waals surface area contributed by atoms with Crippen molar-refractivity contribution in [3.8, 4) is 11.3 Å². The summed E-state index contributed by atoms with van der Waals surface area (Å²) in [4.78, 5) is 12.6. The summed E-state index contributed by atoms with van der Waals surface area (Å²) in [6.45, 7) is 2.59. The molecule has 0 spiro atoms. The van der Waals surface area contributed by atoms with Gasteiger partial charge in [0.1, 0.15) is 17.3 Å². The molecule has 0 aliphatic carbocycles. The summed E-state index contributed by atoms with van der Waals surface area (Å²) in [7, 11) is -3.53. The van der Waals surface area contributed by atoms with Gasteiger partial charge in [0.25, 0.3) is 0 Å². The topological polar surface area (TPSA) is 79.6 Å². The second-order valence-corrected chi connectivity index (χ2v) is 9.95. The lowest BCUT2D eigenvalue weighted by molar-refractivity contribution is -0.117. The number of carbonyl (C=O) groups is 1. The largest absolute Gasteiger partial charge is 0.457 e. The molecule has 1 aromatic heterocycles. The number of nitrogens with one attached hydrogen (secondary N) is 1. The molecule has 0 unspecified atom stereocenters. The van der Waals surface area contributed by atoms with E-state index >= 15 is 0 Å². The average Bonchev–Trinajstić information content (AvgIpc) is 3.27. The average molecular weight is 469 g/mol. The van der Waals surface area contributed by atoms with Gasteiger partial charge in [-0.2, -0.15) is 4.31 Å². The number of furan rings is 1. The van der Waals surface area contributed by atoms with E-state index in [1.54, 1.807) is 54.6 Å². The molecule has 33 heavy (non-hydrogen) atoms. The van der Waals surface area contributed by atoms with Gasteiger partial charge in [-0.05, 0) is 62.2 Å². The molecule has 0 atom stereocenters. The van der Waals surface area contributed by atoms with Crippen LogP contribution in [-0.2, 0) is 14.8 Å². The molecule has 1 aliphatic rings. The number of hydrogen-bond acceptors (Lipinski definition) is 4. The van der Waals surface area contributed by atoms with Gasteiger partial charge in [0.05, 0.1) is 10.5 Å². The molecule has 1 aliphatic heterocycles. The van der Waals surface area contributed by atoms with E-state index in [-0.39, 0.29) is 22.7 Å². The Balaban J connectivity index is 1.30. The number of halogens is 1. The van der Waals surface area contributed by atoms with Crippen molar-refractivity contribution in [1.82, 2.24) is 9.62 Å². The fourth-order valence-corrected chi connectivity index (χ4v) is 5.22. The van der Waals surface area contributed by atoms with Crippen LogP contribution in [0.4, 0.5) is 4.39 Å². The standard InChI is InChI=1S/C25H25FN2O4S/c1-18-6-10-21(11-7-18)33(30,31)28-16-14-19(15-17-28)27-25(29)13-9-20-8-12-24(32-20)22-4-2-3-5-23(22)26/h2-13,19H,14-17H2,1H3,(H,27,29)/b13-9+. The Morgan fingerprint density at radius 2 is 1.76 bits per heavy atom. The van der Waals surface area contributed by atoms with Crippen LogP contribution in [0.2, 0.25) is 0 Å². The van der Waals surface area contributed by atoms with E-state index in [1.807, 2.05) is 6.92 Å². The second kappa shape index (κ2) is 9.72. The molecule has 1 amide bonds. The van der Waals surface area contributed by atoms with Crippen molar-refractivity contribution in [1.29, 1.82) is 0 Å². The van der Waals surface area contributed by atoms with Crippen molar-refractivity contribution < 1.29 is 22.0 Å². The summed E-state index contributed by atoms with van der Waals surface area (Å²) >= 11 is 0. The first-order valence-electron chi connectivity index (χ1n) is 10.7. The minimum atomic E-state index is -3.53. The van der Waals surface area contributed by atoms with E-state index in [4.69, 9.17) is 4.42 Å². The van der Waals surface area contributed by atoms with Crippen molar-refractivity contribution in [3.05, 3.63) is 83.9 Å². The van der Waals surface area contributed by atoms with Crippen molar-refractivity contribution >= 4 is 22.0 Å². The van der Waals surface area contributed by atoms with E-state index in [1.165, 1.54) is 22.5 Å². The van der Waals surface area contributed by atoms with Crippen LogP contribution in [0.5, 0.6) is 0 Å². The zero-order valence-electron chi connectivity index (χ0n) is 18.2. The number of hydrogen-bond donors (Lipinski definition) is 1. The third-order valence-electron chi connectivity index (χ3n) is 5.62. The molecule has 1 saturated heterocycles. The van der Waals surface area contributed by atoms with Crippen LogP contribution in [0.25, 0.3) is 17.4 Å². The zero-order chi connectivity index (χ0) is 23.4. The quantitative estimate of drug-likeness (QED) is 0.545. The number of aryl methyl sites for hydroxylation is 1. The molecule has 4 rings (SSSR count).